The first-order chi connectivity index (χ1) is 8.63. The molecule has 0 saturated carbocycles. The van der Waals surface area contributed by atoms with Crippen molar-refractivity contribution in [2.75, 3.05) is 11.9 Å². The second-order valence-corrected chi connectivity index (χ2v) is 5.09. The van der Waals surface area contributed by atoms with E-state index in [1.165, 1.54) is 17.4 Å². The van der Waals surface area contributed by atoms with Gasteiger partial charge in [-0.3, -0.25) is 4.79 Å². The number of aromatic carboxylic acids is 1. The van der Waals surface area contributed by atoms with Crippen LogP contribution in [-0.2, 0) is 9.53 Å². The van der Waals surface area contributed by atoms with E-state index in [1.54, 1.807) is 5.38 Å². The number of thiophene rings is 1. The fourth-order valence-electron chi connectivity index (χ4n) is 2.13. The molecular formula is C12H15NO4S. The molecule has 2 atom stereocenters. The first kappa shape index (κ1) is 13.0. The van der Waals surface area contributed by atoms with Crippen molar-refractivity contribution in [1.29, 1.82) is 0 Å². The Labute approximate surface area is 109 Å². The predicted molar refractivity (Wildman–Crippen MR) is 68.0 cm³/mol. The zero-order valence-corrected chi connectivity index (χ0v) is 10.8. The van der Waals surface area contributed by atoms with Gasteiger partial charge in [0.1, 0.15) is 5.00 Å². The maximum absolute atomic E-state index is 12.1. The standard InChI is InChI=1S/C12H15NO4S/c1-2-9-7(3-5-17-9)10(14)13-11-8(12(15)16)4-6-18-11/h4,6-7,9H,2-3,5H2,1H3,(H,13,14)(H,15,16). The van der Waals surface area contributed by atoms with E-state index in [-0.39, 0.29) is 23.5 Å². The van der Waals surface area contributed by atoms with Crippen molar-refractivity contribution in [2.24, 2.45) is 5.92 Å². The lowest BCUT2D eigenvalue weighted by atomic mass is 9.99. The van der Waals surface area contributed by atoms with Crippen molar-refractivity contribution in [3.05, 3.63) is 17.0 Å². The van der Waals surface area contributed by atoms with Crippen LogP contribution in [-0.4, -0.2) is 29.7 Å². The largest absolute Gasteiger partial charge is 0.478 e. The summed E-state index contributed by atoms with van der Waals surface area (Å²) in [4.78, 5) is 23.0. The minimum Gasteiger partial charge on any atom is -0.478 e. The number of ether oxygens (including phenoxy) is 1. The lowest BCUT2D eigenvalue weighted by Crippen LogP contribution is -2.29. The summed E-state index contributed by atoms with van der Waals surface area (Å²) in [5.74, 6) is -1.36. The number of hydrogen-bond donors (Lipinski definition) is 2. The van der Waals surface area contributed by atoms with E-state index in [0.29, 0.717) is 18.0 Å². The molecule has 0 aliphatic carbocycles. The molecule has 0 aromatic carbocycles. The van der Waals surface area contributed by atoms with E-state index in [9.17, 15) is 9.59 Å². The van der Waals surface area contributed by atoms with E-state index >= 15 is 0 Å². The van der Waals surface area contributed by atoms with Gasteiger partial charge in [-0.15, -0.1) is 11.3 Å². The van der Waals surface area contributed by atoms with Gasteiger partial charge in [0.05, 0.1) is 17.6 Å². The van der Waals surface area contributed by atoms with Gasteiger partial charge in [-0.25, -0.2) is 4.79 Å². The first-order valence-corrected chi connectivity index (χ1v) is 6.74. The van der Waals surface area contributed by atoms with E-state index in [1.807, 2.05) is 6.92 Å². The summed E-state index contributed by atoms with van der Waals surface area (Å²) in [5, 5.41) is 13.7. The molecule has 98 valence electrons. The highest BCUT2D eigenvalue weighted by atomic mass is 32.1. The molecule has 1 aliphatic heterocycles. The Bertz CT molecular complexity index is 457. The Kier molecular flexibility index (Phi) is 3.98. The molecule has 0 radical (unpaired) electrons. The van der Waals surface area contributed by atoms with Gasteiger partial charge < -0.3 is 15.2 Å². The van der Waals surface area contributed by atoms with Gasteiger partial charge in [0.25, 0.3) is 0 Å². The molecule has 2 heterocycles. The van der Waals surface area contributed by atoms with Crippen LogP contribution in [0.25, 0.3) is 0 Å². The van der Waals surface area contributed by atoms with Crippen molar-refractivity contribution in [1.82, 2.24) is 0 Å². The molecule has 0 bridgehead atoms. The predicted octanol–water partition coefficient (Wildman–Crippen LogP) is 2.20. The molecule has 18 heavy (non-hydrogen) atoms. The van der Waals surface area contributed by atoms with Crippen LogP contribution in [0.15, 0.2) is 11.4 Å². The molecule has 0 spiro atoms. The molecule has 6 heteroatoms. The third-order valence-electron chi connectivity index (χ3n) is 3.08. The smallest absolute Gasteiger partial charge is 0.338 e. The van der Waals surface area contributed by atoms with Crippen LogP contribution < -0.4 is 5.32 Å². The number of anilines is 1. The van der Waals surface area contributed by atoms with Crippen molar-refractivity contribution in [2.45, 2.75) is 25.9 Å². The number of carbonyl (C=O) groups excluding carboxylic acids is 1. The first-order valence-electron chi connectivity index (χ1n) is 5.86. The van der Waals surface area contributed by atoms with Crippen LogP contribution in [0.3, 0.4) is 0 Å². The molecular weight excluding hydrogens is 254 g/mol. The molecule has 5 nitrogen and oxygen atoms in total. The Morgan fingerprint density at radius 2 is 2.39 bits per heavy atom. The van der Waals surface area contributed by atoms with Crippen LogP contribution in [0.4, 0.5) is 5.00 Å². The van der Waals surface area contributed by atoms with Crippen molar-refractivity contribution >= 4 is 28.2 Å². The highest BCUT2D eigenvalue weighted by Gasteiger charge is 2.33. The quantitative estimate of drug-likeness (QED) is 0.878. The van der Waals surface area contributed by atoms with Crippen molar-refractivity contribution in [3.8, 4) is 0 Å². The number of carboxylic acids is 1. The Balaban J connectivity index is 2.07. The molecule has 1 aliphatic rings. The van der Waals surface area contributed by atoms with Crippen LogP contribution in [0, 0.1) is 5.92 Å². The van der Waals surface area contributed by atoms with E-state index in [0.717, 1.165) is 6.42 Å². The minimum atomic E-state index is -1.03. The zero-order valence-electron chi connectivity index (χ0n) is 10.0. The second-order valence-electron chi connectivity index (χ2n) is 4.17. The monoisotopic (exact) mass is 269 g/mol. The summed E-state index contributed by atoms with van der Waals surface area (Å²) in [7, 11) is 0. The third kappa shape index (κ3) is 2.54. The highest BCUT2D eigenvalue weighted by molar-refractivity contribution is 7.14. The van der Waals surface area contributed by atoms with Crippen LogP contribution in [0.5, 0.6) is 0 Å². The van der Waals surface area contributed by atoms with Gasteiger partial charge in [-0.1, -0.05) is 6.92 Å². The summed E-state index contributed by atoms with van der Waals surface area (Å²) in [6.45, 7) is 2.57. The minimum absolute atomic E-state index is 0.0572. The van der Waals surface area contributed by atoms with Gasteiger partial charge in [-0.2, -0.15) is 0 Å². The summed E-state index contributed by atoms with van der Waals surface area (Å²) < 4.78 is 5.46. The van der Waals surface area contributed by atoms with Crippen molar-refractivity contribution < 1.29 is 19.4 Å². The van der Waals surface area contributed by atoms with Gasteiger partial charge >= 0.3 is 5.97 Å². The third-order valence-corrected chi connectivity index (χ3v) is 3.91. The fourth-order valence-corrected chi connectivity index (χ4v) is 2.91. The number of nitrogens with one attached hydrogen (secondary N) is 1. The van der Waals surface area contributed by atoms with Crippen LogP contribution in [0.1, 0.15) is 30.1 Å². The number of carboxylic acid groups (broad SMARTS) is 1. The van der Waals surface area contributed by atoms with Crippen LogP contribution in [0.2, 0.25) is 0 Å². The van der Waals surface area contributed by atoms with Crippen molar-refractivity contribution in [3.63, 3.8) is 0 Å². The molecule has 1 fully saturated rings. The maximum atomic E-state index is 12.1. The molecule has 1 aromatic heterocycles. The normalized spacial score (nSPS) is 22.9. The molecule has 1 amide bonds. The van der Waals surface area contributed by atoms with Crippen LogP contribution >= 0.6 is 11.3 Å². The Morgan fingerprint density at radius 3 is 3.06 bits per heavy atom. The average Bonchev–Trinajstić information content (AvgIpc) is 2.96. The SMILES string of the molecule is CCC1OCCC1C(=O)Nc1sccc1C(=O)O. The summed E-state index contributed by atoms with van der Waals surface area (Å²) in [6, 6.07) is 1.49. The lowest BCUT2D eigenvalue weighted by molar-refractivity contribution is -0.121. The zero-order chi connectivity index (χ0) is 13.1. The Morgan fingerprint density at radius 1 is 1.61 bits per heavy atom. The van der Waals surface area contributed by atoms with E-state index < -0.39 is 5.97 Å². The summed E-state index contributed by atoms with van der Waals surface area (Å²) in [5.41, 5.74) is 0.139. The van der Waals surface area contributed by atoms with Gasteiger partial charge in [-0.05, 0) is 24.3 Å². The molecule has 1 saturated heterocycles. The topological polar surface area (TPSA) is 75.6 Å². The number of carbonyl (C=O) groups is 2. The lowest BCUT2D eigenvalue weighted by Gasteiger charge is -2.16. The fraction of sp³-hybridized carbons (Fsp3) is 0.500. The number of rotatable bonds is 4. The van der Waals surface area contributed by atoms with E-state index in [4.69, 9.17) is 9.84 Å². The summed E-state index contributed by atoms with van der Waals surface area (Å²) >= 11 is 1.22. The van der Waals surface area contributed by atoms with Gasteiger partial charge in [0.2, 0.25) is 5.91 Å². The van der Waals surface area contributed by atoms with E-state index in [2.05, 4.69) is 5.32 Å². The molecule has 2 unspecified atom stereocenters. The number of hydrogen-bond acceptors (Lipinski definition) is 4. The average molecular weight is 269 g/mol. The van der Waals surface area contributed by atoms with Gasteiger partial charge in [0.15, 0.2) is 0 Å². The molecule has 1 aromatic rings. The molecule has 2 rings (SSSR count). The maximum Gasteiger partial charge on any atom is 0.338 e. The van der Waals surface area contributed by atoms with Gasteiger partial charge in [0, 0.05) is 6.61 Å². The Hall–Kier alpha value is -1.40. The summed E-state index contributed by atoms with van der Waals surface area (Å²) in [6.07, 6.45) is 1.42. The number of amides is 1. The highest BCUT2D eigenvalue weighted by Crippen LogP contribution is 2.28. The molecule has 2 N–H and O–H groups in total. The second kappa shape index (κ2) is 5.49.